The SMILES string of the molecule is CSc1ccc(N2CC(C(=O)Nc3ccc(-n4ccnc4)cc3)CC2=O)cc1. The van der Waals surface area contributed by atoms with Crippen LogP contribution in [0, 0.1) is 5.92 Å². The lowest BCUT2D eigenvalue weighted by atomic mass is 10.1. The van der Waals surface area contributed by atoms with Crippen LogP contribution in [0.25, 0.3) is 5.69 Å². The Hall–Kier alpha value is -3.06. The Bertz CT molecular complexity index is 969. The molecule has 1 N–H and O–H groups in total. The summed E-state index contributed by atoms with van der Waals surface area (Å²) in [5.74, 6) is -0.513. The number of hydrogen-bond acceptors (Lipinski definition) is 4. The van der Waals surface area contributed by atoms with E-state index in [0.717, 1.165) is 16.3 Å². The average Bonchev–Trinajstić information content (AvgIpc) is 3.39. The first-order valence-corrected chi connectivity index (χ1v) is 10.2. The molecule has 0 radical (unpaired) electrons. The minimum atomic E-state index is -0.360. The number of thioether (sulfide) groups is 1. The topological polar surface area (TPSA) is 67.2 Å². The largest absolute Gasteiger partial charge is 0.326 e. The highest BCUT2D eigenvalue weighted by Crippen LogP contribution is 2.28. The predicted octanol–water partition coefficient (Wildman–Crippen LogP) is 3.59. The number of nitrogens with one attached hydrogen (secondary N) is 1. The molecule has 2 aromatic carbocycles. The van der Waals surface area contributed by atoms with Crippen molar-refractivity contribution in [2.45, 2.75) is 11.3 Å². The maximum atomic E-state index is 12.6. The molecular weight excluding hydrogens is 372 g/mol. The molecule has 0 spiro atoms. The van der Waals surface area contributed by atoms with Gasteiger partial charge < -0.3 is 14.8 Å². The summed E-state index contributed by atoms with van der Waals surface area (Å²) in [6, 6.07) is 15.4. The molecule has 1 saturated heterocycles. The molecule has 1 unspecified atom stereocenters. The van der Waals surface area contributed by atoms with Crippen LogP contribution in [-0.4, -0.2) is 34.2 Å². The third-order valence-corrected chi connectivity index (χ3v) is 5.56. The highest BCUT2D eigenvalue weighted by atomic mass is 32.2. The van der Waals surface area contributed by atoms with E-state index in [9.17, 15) is 9.59 Å². The molecule has 28 heavy (non-hydrogen) atoms. The Labute approximate surface area is 167 Å². The van der Waals surface area contributed by atoms with E-state index in [-0.39, 0.29) is 24.2 Å². The molecule has 0 bridgehead atoms. The van der Waals surface area contributed by atoms with E-state index in [1.165, 1.54) is 0 Å². The summed E-state index contributed by atoms with van der Waals surface area (Å²) in [6.07, 6.45) is 7.53. The normalized spacial score (nSPS) is 16.4. The van der Waals surface area contributed by atoms with E-state index in [2.05, 4.69) is 10.3 Å². The van der Waals surface area contributed by atoms with Crippen molar-refractivity contribution in [2.24, 2.45) is 5.92 Å². The van der Waals surface area contributed by atoms with Crippen LogP contribution in [0.15, 0.2) is 72.1 Å². The first-order chi connectivity index (χ1) is 13.6. The van der Waals surface area contributed by atoms with Crippen LogP contribution < -0.4 is 10.2 Å². The van der Waals surface area contributed by atoms with Gasteiger partial charge in [0, 0.05) is 47.3 Å². The second-order valence-electron chi connectivity index (χ2n) is 6.61. The number of aromatic nitrogens is 2. The van der Waals surface area contributed by atoms with Gasteiger partial charge in [-0.15, -0.1) is 11.8 Å². The van der Waals surface area contributed by atoms with Crippen molar-refractivity contribution in [1.29, 1.82) is 0 Å². The summed E-state index contributed by atoms with van der Waals surface area (Å²) >= 11 is 1.66. The fraction of sp³-hybridized carbons (Fsp3) is 0.190. The number of rotatable bonds is 5. The maximum absolute atomic E-state index is 12.6. The molecular formula is C21H20N4O2S. The number of nitrogens with zero attached hydrogens (tertiary/aromatic N) is 3. The molecule has 1 aliphatic heterocycles. The smallest absolute Gasteiger partial charge is 0.229 e. The van der Waals surface area contributed by atoms with Crippen LogP contribution >= 0.6 is 11.8 Å². The molecule has 0 aliphatic carbocycles. The molecule has 7 heteroatoms. The molecule has 1 fully saturated rings. The number of amides is 2. The number of benzene rings is 2. The number of carbonyl (C=O) groups is 2. The van der Waals surface area contributed by atoms with Gasteiger partial charge in [0.1, 0.15) is 0 Å². The highest BCUT2D eigenvalue weighted by Gasteiger charge is 2.35. The Morgan fingerprint density at radius 2 is 1.82 bits per heavy atom. The monoisotopic (exact) mass is 392 g/mol. The van der Waals surface area contributed by atoms with Crippen LogP contribution in [0.2, 0.25) is 0 Å². The van der Waals surface area contributed by atoms with Gasteiger partial charge in [-0.05, 0) is 54.8 Å². The van der Waals surface area contributed by atoms with E-state index in [1.54, 1.807) is 29.2 Å². The van der Waals surface area contributed by atoms with Crippen molar-refractivity contribution < 1.29 is 9.59 Å². The highest BCUT2D eigenvalue weighted by molar-refractivity contribution is 7.98. The van der Waals surface area contributed by atoms with Gasteiger partial charge in [0.2, 0.25) is 11.8 Å². The molecule has 3 aromatic rings. The van der Waals surface area contributed by atoms with Crippen LogP contribution in [0.3, 0.4) is 0 Å². The van der Waals surface area contributed by atoms with Gasteiger partial charge in [-0.2, -0.15) is 0 Å². The van der Waals surface area contributed by atoms with Crippen molar-refractivity contribution in [3.05, 3.63) is 67.3 Å². The quantitative estimate of drug-likeness (QED) is 0.674. The molecule has 2 heterocycles. The Morgan fingerprint density at radius 1 is 1.11 bits per heavy atom. The third-order valence-electron chi connectivity index (χ3n) is 4.82. The minimum absolute atomic E-state index is 0.0208. The molecule has 2 amide bonds. The molecule has 1 atom stereocenters. The van der Waals surface area contributed by atoms with Gasteiger partial charge in [-0.25, -0.2) is 4.98 Å². The Morgan fingerprint density at radius 3 is 2.46 bits per heavy atom. The van der Waals surface area contributed by atoms with Crippen molar-refractivity contribution in [3.8, 4) is 5.69 Å². The van der Waals surface area contributed by atoms with Crippen LogP contribution in [-0.2, 0) is 9.59 Å². The van der Waals surface area contributed by atoms with Crippen LogP contribution in [0.5, 0.6) is 0 Å². The van der Waals surface area contributed by atoms with Crippen molar-refractivity contribution in [1.82, 2.24) is 9.55 Å². The third kappa shape index (κ3) is 3.80. The second kappa shape index (κ2) is 7.90. The van der Waals surface area contributed by atoms with E-state index in [4.69, 9.17) is 0 Å². The zero-order valence-electron chi connectivity index (χ0n) is 15.4. The van der Waals surface area contributed by atoms with Crippen LogP contribution in [0.4, 0.5) is 11.4 Å². The summed E-state index contributed by atoms with van der Waals surface area (Å²) in [4.78, 5) is 31.9. The molecule has 0 saturated carbocycles. The summed E-state index contributed by atoms with van der Waals surface area (Å²) in [5.41, 5.74) is 2.51. The zero-order chi connectivity index (χ0) is 19.5. The van der Waals surface area contributed by atoms with Crippen molar-refractivity contribution >= 4 is 35.0 Å². The molecule has 1 aromatic heterocycles. The summed E-state index contributed by atoms with van der Waals surface area (Å²) < 4.78 is 1.89. The fourth-order valence-electron chi connectivity index (χ4n) is 3.27. The summed E-state index contributed by atoms with van der Waals surface area (Å²) in [7, 11) is 0. The van der Waals surface area contributed by atoms with Gasteiger partial charge in [-0.1, -0.05) is 0 Å². The number of hydrogen-bond donors (Lipinski definition) is 1. The van der Waals surface area contributed by atoms with Gasteiger partial charge in [0.15, 0.2) is 0 Å². The molecule has 1 aliphatic rings. The number of imidazole rings is 1. The Kier molecular flexibility index (Phi) is 5.16. The van der Waals surface area contributed by atoms with E-state index >= 15 is 0 Å². The molecule has 142 valence electrons. The maximum Gasteiger partial charge on any atom is 0.229 e. The lowest BCUT2D eigenvalue weighted by Gasteiger charge is -2.17. The average molecular weight is 392 g/mol. The lowest BCUT2D eigenvalue weighted by molar-refractivity contribution is -0.122. The lowest BCUT2D eigenvalue weighted by Crippen LogP contribution is -2.28. The first-order valence-electron chi connectivity index (χ1n) is 8.98. The van der Waals surface area contributed by atoms with Gasteiger partial charge in [0.05, 0.1) is 12.2 Å². The number of carbonyl (C=O) groups excluding carboxylic acids is 2. The van der Waals surface area contributed by atoms with Crippen molar-refractivity contribution in [2.75, 3.05) is 23.0 Å². The second-order valence-corrected chi connectivity index (χ2v) is 7.49. The van der Waals surface area contributed by atoms with E-state index < -0.39 is 0 Å². The minimum Gasteiger partial charge on any atom is -0.326 e. The van der Waals surface area contributed by atoms with Gasteiger partial charge in [0.25, 0.3) is 0 Å². The van der Waals surface area contributed by atoms with E-state index in [1.807, 2.05) is 65.6 Å². The van der Waals surface area contributed by atoms with Gasteiger partial charge >= 0.3 is 0 Å². The number of anilines is 2. The van der Waals surface area contributed by atoms with Gasteiger partial charge in [-0.3, -0.25) is 9.59 Å². The first kappa shape index (κ1) is 18.3. The van der Waals surface area contributed by atoms with Crippen molar-refractivity contribution in [3.63, 3.8) is 0 Å². The van der Waals surface area contributed by atoms with Crippen LogP contribution in [0.1, 0.15) is 6.42 Å². The fourth-order valence-corrected chi connectivity index (χ4v) is 3.68. The zero-order valence-corrected chi connectivity index (χ0v) is 16.2. The standard InChI is InChI=1S/C21H20N4O2S/c1-28-19-8-6-18(7-9-19)25-13-15(12-20(25)26)21(27)23-16-2-4-17(5-3-16)24-11-10-22-14-24/h2-11,14-15H,12-13H2,1H3,(H,23,27). The summed E-state index contributed by atoms with van der Waals surface area (Å²) in [5, 5.41) is 2.92. The predicted molar refractivity (Wildman–Crippen MR) is 111 cm³/mol. The molecule has 4 rings (SSSR count). The Balaban J connectivity index is 1.40. The molecule has 6 nitrogen and oxygen atoms in total. The summed E-state index contributed by atoms with van der Waals surface area (Å²) in [6.45, 7) is 0.399. The van der Waals surface area contributed by atoms with E-state index in [0.29, 0.717) is 12.2 Å².